The minimum Gasteiger partial charge on any atom is -0.493 e. The zero-order chi connectivity index (χ0) is 19.5. The molecule has 0 amide bonds. The summed E-state index contributed by atoms with van der Waals surface area (Å²) in [5.74, 6) is 2.93. The molecule has 1 saturated heterocycles. The molecule has 8 nitrogen and oxygen atoms in total. The molecule has 160 valence electrons. The molecule has 0 radical (unpaired) electrons. The molecule has 1 heterocycles. The summed E-state index contributed by atoms with van der Waals surface area (Å²) in [7, 11) is 6.48. The maximum absolute atomic E-state index is 5.71. The van der Waals surface area contributed by atoms with Gasteiger partial charge in [0.1, 0.15) is 0 Å². The Hall–Kier alpha value is -1.46. The molecule has 1 aliphatic rings. The normalized spacial score (nSPS) is 16.3. The Morgan fingerprint density at radius 1 is 1.18 bits per heavy atom. The number of nitrogens with one attached hydrogen (secondary N) is 2. The van der Waals surface area contributed by atoms with Gasteiger partial charge in [-0.25, -0.2) is 0 Å². The van der Waals surface area contributed by atoms with E-state index in [1.807, 2.05) is 12.1 Å². The Labute approximate surface area is 184 Å². The third-order valence-corrected chi connectivity index (χ3v) is 4.29. The minimum atomic E-state index is 0. The Kier molecular flexibility index (Phi) is 12.0. The zero-order valence-electron chi connectivity index (χ0n) is 17.1. The first-order valence-electron chi connectivity index (χ1n) is 9.15. The van der Waals surface area contributed by atoms with Crippen molar-refractivity contribution < 1.29 is 23.7 Å². The first-order chi connectivity index (χ1) is 13.2. The highest BCUT2D eigenvalue weighted by Gasteiger charge is 2.15. The predicted molar refractivity (Wildman–Crippen MR) is 121 cm³/mol. The molecule has 0 aliphatic carbocycles. The monoisotopic (exact) mass is 509 g/mol. The second-order valence-electron chi connectivity index (χ2n) is 6.20. The molecule has 2 rings (SSSR count). The molecular formula is C19H32IN3O5. The van der Waals surface area contributed by atoms with Crippen LogP contribution >= 0.6 is 24.0 Å². The van der Waals surface area contributed by atoms with Crippen LogP contribution in [-0.4, -0.2) is 67.3 Å². The van der Waals surface area contributed by atoms with Crippen molar-refractivity contribution in [2.75, 3.05) is 66.7 Å². The molecule has 1 aromatic carbocycles. The van der Waals surface area contributed by atoms with E-state index in [0.29, 0.717) is 35.7 Å². The SMILES string of the molecule is CN=C(NCCCOCC1CCOC1)Nc1cc(OC)c(OC)c(OC)c1.I. The zero-order valence-corrected chi connectivity index (χ0v) is 19.4. The van der Waals surface area contributed by atoms with Crippen molar-refractivity contribution in [3.8, 4) is 17.2 Å². The summed E-state index contributed by atoms with van der Waals surface area (Å²) in [6.07, 6.45) is 1.99. The second-order valence-corrected chi connectivity index (χ2v) is 6.20. The summed E-state index contributed by atoms with van der Waals surface area (Å²) in [6.45, 7) is 3.93. The van der Waals surface area contributed by atoms with Gasteiger partial charge in [0.05, 0.1) is 34.5 Å². The number of rotatable bonds is 10. The topological polar surface area (TPSA) is 82.6 Å². The number of anilines is 1. The first-order valence-corrected chi connectivity index (χ1v) is 9.15. The van der Waals surface area contributed by atoms with E-state index in [4.69, 9.17) is 23.7 Å². The largest absolute Gasteiger partial charge is 0.493 e. The number of hydrogen-bond acceptors (Lipinski definition) is 6. The van der Waals surface area contributed by atoms with Crippen LogP contribution in [0.25, 0.3) is 0 Å². The third-order valence-electron chi connectivity index (χ3n) is 4.29. The second kappa shape index (κ2) is 13.7. The van der Waals surface area contributed by atoms with Crippen molar-refractivity contribution in [2.24, 2.45) is 10.9 Å². The van der Waals surface area contributed by atoms with Crippen molar-refractivity contribution in [3.63, 3.8) is 0 Å². The van der Waals surface area contributed by atoms with E-state index in [-0.39, 0.29) is 24.0 Å². The maximum Gasteiger partial charge on any atom is 0.203 e. The van der Waals surface area contributed by atoms with E-state index < -0.39 is 0 Å². The lowest BCUT2D eigenvalue weighted by molar-refractivity contribution is 0.0888. The molecule has 9 heteroatoms. The third kappa shape index (κ3) is 7.51. The number of halogens is 1. The van der Waals surface area contributed by atoms with Crippen molar-refractivity contribution in [1.29, 1.82) is 0 Å². The lowest BCUT2D eigenvalue weighted by Gasteiger charge is -2.16. The number of aliphatic imine (C=N–C) groups is 1. The van der Waals surface area contributed by atoms with Crippen LogP contribution in [0.4, 0.5) is 5.69 Å². The number of guanidine groups is 1. The van der Waals surface area contributed by atoms with Gasteiger partial charge >= 0.3 is 0 Å². The summed E-state index contributed by atoms with van der Waals surface area (Å²) >= 11 is 0. The standard InChI is InChI=1S/C19H31N3O5.HI/c1-20-19(21-7-5-8-26-12-14-6-9-27-13-14)22-15-10-16(23-2)18(25-4)17(11-15)24-3;/h10-11,14H,5-9,12-13H2,1-4H3,(H2,20,21,22);1H. The number of methoxy groups -OCH3 is 3. The van der Waals surface area contributed by atoms with E-state index in [1.54, 1.807) is 28.4 Å². The highest BCUT2D eigenvalue weighted by atomic mass is 127. The molecule has 1 fully saturated rings. The number of hydrogen-bond donors (Lipinski definition) is 2. The highest BCUT2D eigenvalue weighted by Crippen LogP contribution is 2.39. The lowest BCUT2D eigenvalue weighted by Crippen LogP contribution is -2.32. The van der Waals surface area contributed by atoms with Crippen molar-refractivity contribution in [2.45, 2.75) is 12.8 Å². The average molecular weight is 509 g/mol. The van der Waals surface area contributed by atoms with Crippen molar-refractivity contribution in [3.05, 3.63) is 12.1 Å². The summed E-state index contributed by atoms with van der Waals surface area (Å²) in [5, 5.41) is 6.50. The van der Waals surface area contributed by atoms with E-state index in [9.17, 15) is 0 Å². The molecule has 0 bridgehead atoms. The average Bonchev–Trinajstić information content (AvgIpc) is 3.22. The first kappa shape index (κ1) is 24.6. The molecule has 0 spiro atoms. The molecule has 28 heavy (non-hydrogen) atoms. The summed E-state index contributed by atoms with van der Waals surface area (Å²) in [5.41, 5.74) is 0.787. The Morgan fingerprint density at radius 3 is 2.43 bits per heavy atom. The molecule has 1 aliphatic heterocycles. The Balaban J connectivity index is 0.00000392. The van der Waals surface area contributed by atoms with E-state index in [0.717, 1.165) is 44.9 Å². The van der Waals surface area contributed by atoms with Gasteiger partial charge in [-0.3, -0.25) is 4.99 Å². The molecular weight excluding hydrogens is 477 g/mol. The van der Waals surface area contributed by atoms with Crippen LogP contribution in [0.5, 0.6) is 17.2 Å². The summed E-state index contributed by atoms with van der Waals surface area (Å²) in [6, 6.07) is 3.67. The van der Waals surface area contributed by atoms with Crippen LogP contribution in [-0.2, 0) is 9.47 Å². The van der Waals surface area contributed by atoms with E-state index in [1.165, 1.54) is 0 Å². The van der Waals surface area contributed by atoms with Gasteiger partial charge in [-0.2, -0.15) is 0 Å². The number of benzene rings is 1. The van der Waals surface area contributed by atoms with Crippen molar-refractivity contribution >= 4 is 35.6 Å². The summed E-state index contributed by atoms with van der Waals surface area (Å²) in [4.78, 5) is 4.24. The number of nitrogens with zero attached hydrogens (tertiary/aromatic N) is 1. The van der Waals surface area contributed by atoms with Gasteiger partial charge in [0, 0.05) is 50.5 Å². The quantitative estimate of drug-likeness (QED) is 0.217. The Bertz CT molecular complexity index is 584. The fraction of sp³-hybridized carbons (Fsp3) is 0.632. The van der Waals surface area contributed by atoms with Crippen molar-refractivity contribution in [1.82, 2.24) is 5.32 Å². The smallest absolute Gasteiger partial charge is 0.203 e. The van der Waals surface area contributed by atoms with Gasteiger partial charge in [0.25, 0.3) is 0 Å². The van der Waals surface area contributed by atoms with Crippen LogP contribution in [0.2, 0.25) is 0 Å². The molecule has 1 unspecified atom stereocenters. The molecule has 1 aromatic rings. The van der Waals surface area contributed by atoms with E-state index >= 15 is 0 Å². The Morgan fingerprint density at radius 2 is 1.89 bits per heavy atom. The van der Waals surface area contributed by atoms with E-state index in [2.05, 4.69) is 15.6 Å². The van der Waals surface area contributed by atoms with Gasteiger partial charge in [-0.1, -0.05) is 0 Å². The van der Waals surface area contributed by atoms with Gasteiger partial charge < -0.3 is 34.3 Å². The minimum absolute atomic E-state index is 0. The van der Waals surface area contributed by atoms with Crippen LogP contribution < -0.4 is 24.8 Å². The molecule has 0 saturated carbocycles. The van der Waals surface area contributed by atoms with Gasteiger partial charge in [-0.15, -0.1) is 24.0 Å². The fourth-order valence-electron chi connectivity index (χ4n) is 2.81. The predicted octanol–water partition coefficient (Wildman–Crippen LogP) is 2.76. The van der Waals surface area contributed by atoms with Crippen LogP contribution in [0.1, 0.15) is 12.8 Å². The van der Waals surface area contributed by atoms with Gasteiger partial charge in [0.2, 0.25) is 5.75 Å². The number of ether oxygens (including phenoxy) is 5. The fourth-order valence-corrected chi connectivity index (χ4v) is 2.81. The molecule has 2 N–H and O–H groups in total. The molecule has 1 atom stereocenters. The lowest BCUT2D eigenvalue weighted by atomic mass is 10.1. The van der Waals surface area contributed by atoms with Gasteiger partial charge in [-0.05, 0) is 12.8 Å². The highest BCUT2D eigenvalue weighted by molar-refractivity contribution is 14.0. The molecule has 0 aromatic heterocycles. The van der Waals surface area contributed by atoms with Gasteiger partial charge in [0.15, 0.2) is 17.5 Å². The maximum atomic E-state index is 5.71. The summed E-state index contributed by atoms with van der Waals surface area (Å²) < 4.78 is 27.1. The van der Waals surface area contributed by atoms with Crippen LogP contribution in [0, 0.1) is 5.92 Å². The van der Waals surface area contributed by atoms with Crippen LogP contribution in [0.15, 0.2) is 17.1 Å². The van der Waals surface area contributed by atoms with Crippen LogP contribution in [0.3, 0.4) is 0 Å².